The summed E-state index contributed by atoms with van der Waals surface area (Å²) in [7, 11) is 1.16. The maximum absolute atomic E-state index is 12.7. The second kappa shape index (κ2) is 9.41. The van der Waals surface area contributed by atoms with Crippen LogP contribution in [0.15, 0.2) is 14.4 Å². The molecule has 0 amide bonds. The molecule has 0 unspecified atom stereocenters. The normalized spacial score (nSPS) is 18.3. The average molecular weight is 455 g/mol. The summed E-state index contributed by atoms with van der Waals surface area (Å²) >= 11 is 0. The van der Waals surface area contributed by atoms with Gasteiger partial charge in [0, 0.05) is 7.05 Å². The Kier molecular flexibility index (Phi) is 7.03. The van der Waals surface area contributed by atoms with E-state index < -0.39 is 42.1 Å². The Morgan fingerprint density at radius 1 is 0.781 bits per heavy atom. The molecule has 2 saturated heterocycles. The van der Waals surface area contributed by atoms with E-state index in [1.807, 2.05) is 13.8 Å². The van der Waals surface area contributed by atoms with E-state index in [-0.39, 0.29) is 24.0 Å². The van der Waals surface area contributed by atoms with Crippen LogP contribution in [0, 0.1) is 10.8 Å². The minimum absolute atomic E-state index is 0.103. The zero-order valence-electron chi connectivity index (χ0n) is 18.6. The number of carbonyl (C=O) groups is 2. The summed E-state index contributed by atoms with van der Waals surface area (Å²) in [6.45, 7) is 4.62. The van der Waals surface area contributed by atoms with Gasteiger partial charge in [0.2, 0.25) is 0 Å². The number of hydrogen-bond acceptors (Lipinski definition) is 9. The van der Waals surface area contributed by atoms with Crippen molar-refractivity contribution < 1.29 is 28.5 Å². The topological polar surface area (TPSA) is 137 Å². The molecular formula is C20H29N3O9. The van der Waals surface area contributed by atoms with Crippen LogP contribution in [-0.2, 0) is 48.7 Å². The third kappa shape index (κ3) is 4.70. The summed E-state index contributed by atoms with van der Waals surface area (Å²) < 4.78 is 22.6. The maximum Gasteiger partial charge on any atom is 0.337 e. The lowest BCUT2D eigenvalue weighted by molar-refractivity contribution is -0.171. The molecule has 0 radical (unpaired) electrons. The second-order valence-electron chi connectivity index (χ2n) is 8.59. The predicted octanol–water partition coefficient (Wildman–Crippen LogP) is -1.35. The smallest absolute Gasteiger partial charge is 0.337 e. The maximum atomic E-state index is 12.7. The van der Waals surface area contributed by atoms with Crippen molar-refractivity contribution >= 4 is 11.9 Å². The molecule has 2 fully saturated rings. The highest BCUT2D eigenvalue weighted by Gasteiger charge is 2.39. The van der Waals surface area contributed by atoms with Gasteiger partial charge in [-0.2, -0.15) is 0 Å². The van der Waals surface area contributed by atoms with Gasteiger partial charge in [-0.1, -0.05) is 13.8 Å². The predicted molar refractivity (Wildman–Crippen MR) is 109 cm³/mol. The van der Waals surface area contributed by atoms with Gasteiger partial charge in [0.15, 0.2) is 0 Å². The first-order valence-corrected chi connectivity index (χ1v) is 10.5. The highest BCUT2D eigenvalue weighted by Crippen LogP contribution is 2.32. The van der Waals surface area contributed by atoms with Crippen LogP contribution in [0.4, 0.5) is 0 Å². The van der Waals surface area contributed by atoms with E-state index in [1.54, 1.807) is 0 Å². The van der Waals surface area contributed by atoms with E-state index in [0.29, 0.717) is 40.1 Å². The minimum atomic E-state index is -1.08. The molecule has 2 aliphatic rings. The van der Waals surface area contributed by atoms with Crippen molar-refractivity contribution in [2.24, 2.45) is 17.9 Å². The Hall–Kier alpha value is -2.73. The molecule has 0 saturated carbocycles. The van der Waals surface area contributed by atoms with Gasteiger partial charge in [-0.15, -0.1) is 0 Å². The zero-order valence-corrected chi connectivity index (χ0v) is 18.6. The summed E-state index contributed by atoms with van der Waals surface area (Å²) in [6.07, 6.45) is 1.50. The molecular weight excluding hydrogens is 426 g/mol. The number of hydrogen-bond donors (Lipinski definition) is 0. The molecule has 0 N–H and O–H groups in total. The molecule has 1 aromatic heterocycles. The average Bonchev–Trinajstić information content (AvgIpc) is 2.72. The quantitative estimate of drug-likeness (QED) is 0.392. The van der Waals surface area contributed by atoms with Gasteiger partial charge in [0.25, 0.3) is 0 Å². The monoisotopic (exact) mass is 455 g/mol. The molecule has 3 rings (SSSR count). The van der Waals surface area contributed by atoms with Crippen molar-refractivity contribution in [2.75, 3.05) is 39.6 Å². The van der Waals surface area contributed by atoms with Crippen LogP contribution in [0.5, 0.6) is 0 Å². The number of rotatable bonds is 10. The number of aromatic nitrogens is 3. The van der Waals surface area contributed by atoms with Crippen molar-refractivity contribution in [3.05, 3.63) is 31.5 Å². The van der Waals surface area contributed by atoms with Crippen molar-refractivity contribution in [1.29, 1.82) is 0 Å². The minimum Gasteiger partial charge on any atom is -0.464 e. The summed E-state index contributed by atoms with van der Waals surface area (Å²) in [5, 5.41) is 0. The van der Waals surface area contributed by atoms with Crippen molar-refractivity contribution in [2.45, 2.75) is 39.8 Å². The lowest BCUT2D eigenvalue weighted by atomic mass is 9.84. The summed E-state index contributed by atoms with van der Waals surface area (Å²) in [5.41, 5.74) is -3.54. The fourth-order valence-electron chi connectivity index (χ4n) is 3.40. The summed E-state index contributed by atoms with van der Waals surface area (Å²) in [5.74, 6) is -1.60. The third-order valence-corrected chi connectivity index (χ3v) is 6.28. The van der Waals surface area contributed by atoms with Crippen molar-refractivity contribution in [3.63, 3.8) is 0 Å². The van der Waals surface area contributed by atoms with Crippen LogP contribution in [0.2, 0.25) is 0 Å². The second-order valence-corrected chi connectivity index (χ2v) is 8.59. The van der Waals surface area contributed by atoms with Crippen LogP contribution < -0.4 is 17.1 Å². The van der Waals surface area contributed by atoms with Crippen LogP contribution in [0.3, 0.4) is 0 Å². The Morgan fingerprint density at radius 3 is 1.44 bits per heavy atom. The van der Waals surface area contributed by atoms with Crippen LogP contribution in [0.25, 0.3) is 0 Å². The molecule has 0 aromatic carbocycles. The first-order valence-electron chi connectivity index (χ1n) is 10.5. The van der Waals surface area contributed by atoms with Gasteiger partial charge < -0.3 is 18.9 Å². The van der Waals surface area contributed by atoms with Crippen LogP contribution in [-0.4, -0.2) is 65.3 Å². The third-order valence-electron chi connectivity index (χ3n) is 6.28. The van der Waals surface area contributed by atoms with E-state index in [2.05, 4.69) is 0 Å². The number of esters is 2. The Balaban J connectivity index is 1.71. The van der Waals surface area contributed by atoms with E-state index in [4.69, 9.17) is 18.9 Å². The summed E-state index contributed by atoms with van der Waals surface area (Å²) in [4.78, 5) is 62.1. The number of carbonyl (C=O) groups excluding carboxylic acids is 2. The van der Waals surface area contributed by atoms with Gasteiger partial charge >= 0.3 is 29.0 Å². The Morgan fingerprint density at radius 2 is 1.16 bits per heavy atom. The number of ether oxygens (including phenoxy) is 4. The van der Waals surface area contributed by atoms with Gasteiger partial charge in [-0.3, -0.25) is 9.59 Å². The van der Waals surface area contributed by atoms with Gasteiger partial charge in [0.05, 0.1) is 37.3 Å². The molecule has 12 nitrogen and oxygen atoms in total. The van der Waals surface area contributed by atoms with Gasteiger partial charge in [-0.25, -0.2) is 28.1 Å². The molecule has 1 aromatic rings. The molecule has 12 heteroatoms. The number of nitrogens with zero attached hydrogens (tertiary/aromatic N) is 3. The van der Waals surface area contributed by atoms with E-state index in [1.165, 1.54) is 0 Å². The molecule has 0 aliphatic carbocycles. The molecule has 0 spiro atoms. The van der Waals surface area contributed by atoms with Gasteiger partial charge in [0.1, 0.15) is 26.3 Å². The largest absolute Gasteiger partial charge is 0.464 e. The SMILES string of the molecule is CCC1(COC(=O)Cn2c(=O)n(C)c(=O)n(CC(=O)OCC3(CC)COC3)c2=O)COC1. The molecule has 2 aliphatic heterocycles. The fourth-order valence-corrected chi connectivity index (χ4v) is 3.40. The molecule has 0 atom stereocenters. The lowest BCUT2D eigenvalue weighted by Crippen LogP contribution is -2.55. The van der Waals surface area contributed by atoms with Crippen LogP contribution >= 0.6 is 0 Å². The lowest BCUT2D eigenvalue weighted by Gasteiger charge is -2.39. The molecule has 178 valence electrons. The Bertz CT molecular complexity index is 955. The van der Waals surface area contributed by atoms with Crippen molar-refractivity contribution in [1.82, 2.24) is 13.7 Å². The first-order chi connectivity index (χ1) is 15.2. The molecule has 3 heterocycles. The van der Waals surface area contributed by atoms with E-state index in [0.717, 1.165) is 19.9 Å². The highest BCUT2D eigenvalue weighted by molar-refractivity contribution is 5.69. The molecule has 0 bridgehead atoms. The highest BCUT2D eigenvalue weighted by atomic mass is 16.6. The van der Waals surface area contributed by atoms with E-state index >= 15 is 0 Å². The Labute approximate surface area is 183 Å². The summed E-state index contributed by atoms with van der Waals surface area (Å²) in [6, 6.07) is 0. The molecule has 32 heavy (non-hydrogen) atoms. The standard InChI is InChI=1S/C20H29N3O9/c1-4-19(8-29-9-19)12-31-14(24)6-22-16(26)21(3)17(27)23(18(22)28)7-15(25)32-13-20(5-2)10-30-11-20/h4-13H2,1-3H3. The van der Waals surface area contributed by atoms with Crippen molar-refractivity contribution in [3.8, 4) is 0 Å². The van der Waals surface area contributed by atoms with Crippen LogP contribution in [0.1, 0.15) is 26.7 Å². The van der Waals surface area contributed by atoms with Gasteiger partial charge in [-0.05, 0) is 12.8 Å². The zero-order chi connectivity index (χ0) is 23.5. The fraction of sp³-hybridized carbons (Fsp3) is 0.750. The first kappa shape index (κ1) is 23.9. The van der Waals surface area contributed by atoms with E-state index in [9.17, 15) is 24.0 Å².